The van der Waals surface area contributed by atoms with Gasteiger partial charge in [0, 0.05) is 51.8 Å². The van der Waals surface area contributed by atoms with Gasteiger partial charge in [0.2, 0.25) is 0 Å². The maximum Gasteiger partial charge on any atom is 0.159 e. The van der Waals surface area contributed by atoms with Crippen molar-refractivity contribution in [2.45, 2.75) is 31.9 Å². The molecule has 0 aromatic heterocycles. The number of rotatable bonds is 5. The number of thioether (sulfide) groups is 1. The Morgan fingerprint density at radius 3 is 2.65 bits per heavy atom. The molecule has 0 saturated carbocycles. The molecule has 0 bridgehead atoms. The monoisotopic (exact) mass is 333 g/mol. The predicted molar refractivity (Wildman–Crippen MR) is 99.5 cm³/mol. The van der Waals surface area contributed by atoms with E-state index in [1.54, 1.807) is 0 Å². The summed E-state index contributed by atoms with van der Waals surface area (Å²) in [6.45, 7) is 3.75. The predicted octanol–water partition coefficient (Wildman–Crippen LogP) is 3.23. The van der Waals surface area contributed by atoms with E-state index >= 15 is 0 Å². The molecule has 1 aromatic carbocycles. The van der Waals surface area contributed by atoms with Crippen LogP contribution in [0.2, 0.25) is 0 Å². The van der Waals surface area contributed by atoms with Gasteiger partial charge in [0.1, 0.15) is 0 Å². The number of ether oxygens (including phenoxy) is 1. The van der Waals surface area contributed by atoms with Gasteiger partial charge in [-0.05, 0) is 37.0 Å². The Hall–Kier alpha value is -1.20. The first-order valence-corrected chi connectivity index (χ1v) is 9.51. The Morgan fingerprint density at radius 2 is 2.04 bits per heavy atom. The van der Waals surface area contributed by atoms with Gasteiger partial charge in [-0.25, -0.2) is 0 Å². The highest BCUT2D eigenvalue weighted by Gasteiger charge is 2.23. The normalized spacial score (nSPS) is 21.1. The van der Waals surface area contributed by atoms with Crippen molar-refractivity contribution in [3.63, 3.8) is 0 Å². The van der Waals surface area contributed by atoms with Crippen LogP contribution in [-0.2, 0) is 11.3 Å². The van der Waals surface area contributed by atoms with Crippen molar-refractivity contribution in [1.82, 2.24) is 4.90 Å². The van der Waals surface area contributed by atoms with Crippen LogP contribution < -0.4 is 4.90 Å². The zero-order chi connectivity index (χ0) is 16.1. The SMILES string of the molecule is CN(C)c1ccc(CN(CC2CCCO2)C2=NCCCS2)cc1. The van der Waals surface area contributed by atoms with E-state index < -0.39 is 0 Å². The fourth-order valence-electron chi connectivity index (χ4n) is 3.00. The van der Waals surface area contributed by atoms with Crippen molar-refractivity contribution in [2.75, 3.05) is 44.4 Å². The lowest BCUT2D eigenvalue weighted by Crippen LogP contribution is -2.36. The number of hydrogen-bond donors (Lipinski definition) is 0. The van der Waals surface area contributed by atoms with E-state index in [1.807, 2.05) is 11.8 Å². The summed E-state index contributed by atoms with van der Waals surface area (Å²) in [7, 11) is 4.15. The van der Waals surface area contributed by atoms with Gasteiger partial charge in [-0.2, -0.15) is 0 Å². The number of hydrogen-bond acceptors (Lipinski definition) is 5. The van der Waals surface area contributed by atoms with E-state index in [-0.39, 0.29) is 0 Å². The average Bonchev–Trinajstić information content (AvgIpc) is 3.09. The minimum absolute atomic E-state index is 0.362. The summed E-state index contributed by atoms with van der Waals surface area (Å²) in [6.07, 6.45) is 3.92. The van der Waals surface area contributed by atoms with Gasteiger partial charge >= 0.3 is 0 Å². The largest absolute Gasteiger partial charge is 0.378 e. The van der Waals surface area contributed by atoms with Crippen LogP contribution in [0.15, 0.2) is 29.3 Å². The quantitative estimate of drug-likeness (QED) is 0.827. The number of benzene rings is 1. The van der Waals surface area contributed by atoms with Crippen LogP contribution in [0.25, 0.3) is 0 Å². The van der Waals surface area contributed by atoms with Gasteiger partial charge < -0.3 is 14.5 Å². The lowest BCUT2D eigenvalue weighted by atomic mass is 10.1. The molecule has 1 unspecified atom stereocenters. The van der Waals surface area contributed by atoms with Gasteiger partial charge in [0.05, 0.1) is 6.10 Å². The van der Waals surface area contributed by atoms with E-state index in [0.29, 0.717) is 6.10 Å². The van der Waals surface area contributed by atoms with Crippen LogP contribution in [0.5, 0.6) is 0 Å². The summed E-state index contributed by atoms with van der Waals surface area (Å²) < 4.78 is 5.85. The summed E-state index contributed by atoms with van der Waals surface area (Å²) in [6, 6.07) is 8.84. The van der Waals surface area contributed by atoms with Crippen molar-refractivity contribution in [2.24, 2.45) is 4.99 Å². The van der Waals surface area contributed by atoms with Crippen molar-refractivity contribution in [3.05, 3.63) is 29.8 Å². The molecule has 0 spiro atoms. The first-order valence-electron chi connectivity index (χ1n) is 8.52. The molecule has 4 nitrogen and oxygen atoms in total. The molecule has 2 aliphatic rings. The molecular formula is C18H27N3OS. The minimum Gasteiger partial charge on any atom is -0.378 e. The average molecular weight is 334 g/mol. The van der Waals surface area contributed by atoms with Crippen LogP contribution in [0, 0.1) is 0 Å². The molecule has 3 rings (SSSR count). The van der Waals surface area contributed by atoms with Crippen molar-refractivity contribution < 1.29 is 4.74 Å². The maximum absolute atomic E-state index is 5.85. The van der Waals surface area contributed by atoms with Crippen LogP contribution in [0.4, 0.5) is 5.69 Å². The Kier molecular flexibility index (Phi) is 5.84. The molecule has 0 N–H and O–H groups in total. The Morgan fingerprint density at radius 1 is 1.22 bits per heavy atom. The molecule has 1 fully saturated rings. The second-order valence-electron chi connectivity index (χ2n) is 6.44. The summed E-state index contributed by atoms with van der Waals surface area (Å²) in [5.41, 5.74) is 2.58. The Bertz CT molecular complexity index is 524. The van der Waals surface area contributed by atoms with Gasteiger partial charge in [-0.15, -0.1) is 0 Å². The van der Waals surface area contributed by atoms with Crippen molar-refractivity contribution in [1.29, 1.82) is 0 Å². The smallest absolute Gasteiger partial charge is 0.159 e. The van der Waals surface area contributed by atoms with E-state index in [0.717, 1.165) is 26.2 Å². The van der Waals surface area contributed by atoms with Gasteiger partial charge in [-0.1, -0.05) is 23.9 Å². The molecule has 2 aliphatic heterocycles. The zero-order valence-electron chi connectivity index (χ0n) is 14.2. The third kappa shape index (κ3) is 4.64. The highest BCUT2D eigenvalue weighted by atomic mass is 32.2. The number of nitrogens with zero attached hydrogens (tertiary/aromatic N) is 3. The maximum atomic E-state index is 5.85. The molecule has 23 heavy (non-hydrogen) atoms. The van der Waals surface area contributed by atoms with E-state index in [2.05, 4.69) is 48.2 Å². The molecule has 0 amide bonds. The summed E-state index contributed by atoms with van der Waals surface area (Å²) in [5, 5.41) is 1.20. The summed E-state index contributed by atoms with van der Waals surface area (Å²) in [5.74, 6) is 1.18. The molecule has 1 saturated heterocycles. The highest BCUT2D eigenvalue weighted by molar-refractivity contribution is 8.13. The first-order chi connectivity index (χ1) is 11.2. The molecule has 1 atom stereocenters. The number of anilines is 1. The van der Waals surface area contributed by atoms with Gasteiger partial charge in [-0.3, -0.25) is 4.99 Å². The molecule has 1 aromatic rings. The van der Waals surface area contributed by atoms with E-state index in [1.165, 1.54) is 41.4 Å². The van der Waals surface area contributed by atoms with Crippen LogP contribution in [-0.4, -0.2) is 55.7 Å². The molecule has 5 heteroatoms. The molecule has 126 valence electrons. The Balaban J connectivity index is 1.70. The molecule has 0 radical (unpaired) electrons. The van der Waals surface area contributed by atoms with Gasteiger partial charge in [0.15, 0.2) is 5.17 Å². The second kappa shape index (κ2) is 8.06. The second-order valence-corrected chi connectivity index (χ2v) is 7.50. The van der Waals surface area contributed by atoms with E-state index in [4.69, 9.17) is 9.73 Å². The lowest BCUT2D eigenvalue weighted by Gasteiger charge is -2.29. The molecular weight excluding hydrogens is 306 g/mol. The van der Waals surface area contributed by atoms with Crippen LogP contribution in [0.3, 0.4) is 0 Å². The first kappa shape index (κ1) is 16.7. The van der Waals surface area contributed by atoms with E-state index in [9.17, 15) is 0 Å². The number of aliphatic imine (C=N–C) groups is 1. The molecule has 0 aliphatic carbocycles. The summed E-state index contributed by atoms with van der Waals surface area (Å²) >= 11 is 1.89. The van der Waals surface area contributed by atoms with Crippen molar-refractivity contribution >= 4 is 22.6 Å². The topological polar surface area (TPSA) is 28.1 Å². The lowest BCUT2D eigenvalue weighted by molar-refractivity contribution is 0.0906. The third-order valence-corrected chi connectivity index (χ3v) is 5.46. The fraction of sp³-hybridized carbons (Fsp3) is 0.611. The van der Waals surface area contributed by atoms with Crippen LogP contribution in [0.1, 0.15) is 24.8 Å². The highest BCUT2D eigenvalue weighted by Crippen LogP contribution is 2.22. The third-order valence-electron chi connectivity index (χ3n) is 4.33. The van der Waals surface area contributed by atoms with Crippen LogP contribution >= 0.6 is 11.8 Å². The Labute approximate surface area is 143 Å². The number of amidine groups is 1. The summed E-state index contributed by atoms with van der Waals surface area (Å²) in [4.78, 5) is 9.31. The van der Waals surface area contributed by atoms with Gasteiger partial charge in [0.25, 0.3) is 0 Å². The standard InChI is InChI=1S/C18H27N3OS/c1-20(2)16-8-6-15(7-9-16)13-21(14-17-5-3-11-22-17)18-19-10-4-12-23-18/h6-9,17H,3-5,10-14H2,1-2H3. The fourth-order valence-corrected chi connectivity index (χ4v) is 3.96. The zero-order valence-corrected chi connectivity index (χ0v) is 15.0. The van der Waals surface area contributed by atoms with Crippen molar-refractivity contribution in [3.8, 4) is 0 Å². The minimum atomic E-state index is 0.362. The molecule has 2 heterocycles.